The van der Waals surface area contributed by atoms with E-state index in [-0.39, 0.29) is 17.7 Å². The maximum absolute atomic E-state index is 12.7. The molecule has 0 bridgehead atoms. The molecule has 2 aromatic rings. The predicted molar refractivity (Wildman–Crippen MR) is 106 cm³/mol. The third-order valence-electron chi connectivity index (χ3n) is 5.39. The van der Waals surface area contributed by atoms with Crippen LogP contribution in [-0.2, 0) is 28.9 Å². The third-order valence-corrected chi connectivity index (χ3v) is 6.61. The standard InChI is InChI=1S/C20H26N4O3S/c25-19(21-5-1-7-24-8-2-6-22-24)15-3-4-17-16(13-15)14-18(28-17)20(26)23-9-11-27-12-10-23/h2,6,8,14-15H,1,3-5,7,9-13H2,(H,21,25)/t15-/m1/s1. The SMILES string of the molecule is O=C(NCCCn1cccn1)[C@@H]1CCc2sc(C(=O)N3CCOCC3)cc2C1. The molecule has 0 spiro atoms. The molecular formula is C20H26N4O3S. The lowest BCUT2D eigenvalue weighted by molar-refractivity contribution is -0.125. The van der Waals surface area contributed by atoms with Crippen LogP contribution in [0.2, 0.25) is 0 Å². The van der Waals surface area contributed by atoms with Crippen LogP contribution in [0, 0.1) is 5.92 Å². The summed E-state index contributed by atoms with van der Waals surface area (Å²) in [5.41, 5.74) is 1.17. The first kappa shape index (κ1) is 19.1. The van der Waals surface area contributed by atoms with Crippen LogP contribution >= 0.6 is 11.3 Å². The molecule has 0 aromatic carbocycles. The summed E-state index contributed by atoms with van der Waals surface area (Å²) >= 11 is 1.60. The Hall–Kier alpha value is -2.19. The number of amides is 2. The average Bonchev–Trinajstić information content (AvgIpc) is 3.40. The minimum atomic E-state index is -0.00172. The molecule has 4 rings (SSSR count). The molecule has 8 heteroatoms. The molecule has 1 atom stereocenters. The molecular weight excluding hydrogens is 376 g/mol. The van der Waals surface area contributed by atoms with E-state index in [1.165, 1.54) is 10.4 Å². The van der Waals surface area contributed by atoms with Crippen molar-refractivity contribution >= 4 is 23.2 Å². The van der Waals surface area contributed by atoms with E-state index >= 15 is 0 Å². The summed E-state index contributed by atoms with van der Waals surface area (Å²) in [6, 6.07) is 3.91. The molecule has 3 heterocycles. The highest BCUT2D eigenvalue weighted by atomic mass is 32.1. The van der Waals surface area contributed by atoms with Crippen LogP contribution in [0.1, 0.15) is 33.0 Å². The van der Waals surface area contributed by atoms with Gasteiger partial charge >= 0.3 is 0 Å². The number of aryl methyl sites for hydroxylation is 2. The molecule has 150 valence electrons. The minimum absolute atomic E-state index is 0.00172. The molecule has 0 saturated carbocycles. The predicted octanol–water partition coefficient (Wildman–Crippen LogP) is 1.73. The van der Waals surface area contributed by atoms with E-state index < -0.39 is 0 Å². The van der Waals surface area contributed by atoms with Crippen LogP contribution < -0.4 is 5.32 Å². The fourth-order valence-electron chi connectivity index (χ4n) is 3.80. The van der Waals surface area contributed by atoms with Crippen molar-refractivity contribution in [3.05, 3.63) is 39.8 Å². The summed E-state index contributed by atoms with van der Waals surface area (Å²) in [4.78, 5) is 29.2. The van der Waals surface area contributed by atoms with E-state index in [9.17, 15) is 9.59 Å². The topological polar surface area (TPSA) is 76.5 Å². The molecule has 28 heavy (non-hydrogen) atoms. The number of nitrogens with one attached hydrogen (secondary N) is 1. The van der Waals surface area contributed by atoms with E-state index in [1.807, 2.05) is 27.9 Å². The van der Waals surface area contributed by atoms with Gasteiger partial charge in [-0.05, 0) is 43.4 Å². The lowest BCUT2D eigenvalue weighted by Crippen LogP contribution is -2.40. The largest absolute Gasteiger partial charge is 0.378 e. The lowest BCUT2D eigenvalue weighted by atomic mass is 9.87. The summed E-state index contributed by atoms with van der Waals surface area (Å²) in [6.45, 7) is 4.00. The first-order chi connectivity index (χ1) is 13.7. The van der Waals surface area contributed by atoms with Crippen molar-refractivity contribution in [3.63, 3.8) is 0 Å². The Morgan fingerprint density at radius 1 is 1.32 bits per heavy atom. The van der Waals surface area contributed by atoms with Gasteiger partial charge in [0.2, 0.25) is 5.91 Å². The van der Waals surface area contributed by atoms with Gasteiger partial charge in [0.05, 0.1) is 18.1 Å². The Morgan fingerprint density at radius 2 is 2.18 bits per heavy atom. The highest BCUT2D eigenvalue weighted by Crippen LogP contribution is 2.33. The van der Waals surface area contributed by atoms with Crippen molar-refractivity contribution in [2.24, 2.45) is 5.92 Å². The number of carbonyl (C=O) groups excluding carboxylic acids is 2. The molecule has 1 saturated heterocycles. The lowest BCUT2D eigenvalue weighted by Gasteiger charge is -2.26. The van der Waals surface area contributed by atoms with Crippen molar-refractivity contribution in [2.45, 2.75) is 32.2 Å². The number of aromatic nitrogens is 2. The van der Waals surface area contributed by atoms with Crippen LogP contribution in [-0.4, -0.2) is 59.3 Å². The molecule has 1 aliphatic carbocycles. The van der Waals surface area contributed by atoms with Gasteiger partial charge in [0.15, 0.2) is 0 Å². The van der Waals surface area contributed by atoms with Gasteiger partial charge in [-0.1, -0.05) is 0 Å². The zero-order valence-electron chi connectivity index (χ0n) is 15.9. The Morgan fingerprint density at radius 3 is 2.96 bits per heavy atom. The molecule has 2 aromatic heterocycles. The maximum atomic E-state index is 12.7. The van der Waals surface area contributed by atoms with E-state index in [1.54, 1.807) is 17.5 Å². The fourth-order valence-corrected chi connectivity index (χ4v) is 4.98. The quantitative estimate of drug-likeness (QED) is 0.747. The summed E-state index contributed by atoms with van der Waals surface area (Å²) in [5.74, 6) is 0.221. The molecule has 1 aliphatic heterocycles. The summed E-state index contributed by atoms with van der Waals surface area (Å²) in [6.07, 6.45) is 7.01. The van der Waals surface area contributed by atoms with Gasteiger partial charge in [-0.2, -0.15) is 5.10 Å². The monoisotopic (exact) mass is 402 g/mol. The smallest absolute Gasteiger partial charge is 0.264 e. The van der Waals surface area contributed by atoms with Gasteiger partial charge in [-0.15, -0.1) is 11.3 Å². The molecule has 1 fully saturated rings. The van der Waals surface area contributed by atoms with Crippen molar-refractivity contribution in [3.8, 4) is 0 Å². The summed E-state index contributed by atoms with van der Waals surface area (Å²) in [5, 5.41) is 7.23. The van der Waals surface area contributed by atoms with Gasteiger partial charge in [0, 0.05) is 49.4 Å². The Labute approximate surface area is 168 Å². The number of ether oxygens (including phenoxy) is 1. The maximum Gasteiger partial charge on any atom is 0.264 e. The second-order valence-electron chi connectivity index (χ2n) is 7.32. The highest BCUT2D eigenvalue weighted by Gasteiger charge is 2.28. The van der Waals surface area contributed by atoms with Gasteiger partial charge in [0.25, 0.3) is 5.91 Å². The Bertz CT molecular complexity index is 812. The number of rotatable bonds is 6. The van der Waals surface area contributed by atoms with Crippen molar-refractivity contribution in [1.29, 1.82) is 0 Å². The van der Waals surface area contributed by atoms with E-state index in [4.69, 9.17) is 4.74 Å². The first-order valence-corrected chi connectivity index (χ1v) is 10.8. The second kappa shape index (κ2) is 8.87. The van der Waals surface area contributed by atoms with Crippen LogP contribution in [0.25, 0.3) is 0 Å². The van der Waals surface area contributed by atoms with Crippen LogP contribution in [0.5, 0.6) is 0 Å². The van der Waals surface area contributed by atoms with Crippen molar-refractivity contribution in [1.82, 2.24) is 20.0 Å². The Balaban J connectivity index is 1.28. The molecule has 2 amide bonds. The number of fused-ring (bicyclic) bond motifs is 1. The van der Waals surface area contributed by atoms with Gasteiger partial charge in [-0.25, -0.2) is 0 Å². The molecule has 0 unspecified atom stereocenters. The van der Waals surface area contributed by atoms with Gasteiger partial charge in [-0.3, -0.25) is 14.3 Å². The zero-order valence-corrected chi connectivity index (χ0v) is 16.7. The summed E-state index contributed by atoms with van der Waals surface area (Å²) in [7, 11) is 0. The molecule has 0 radical (unpaired) electrons. The molecule has 2 aliphatic rings. The van der Waals surface area contributed by atoms with Crippen LogP contribution in [0.4, 0.5) is 0 Å². The number of carbonyl (C=O) groups is 2. The van der Waals surface area contributed by atoms with Crippen LogP contribution in [0.15, 0.2) is 24.5 Å². The van der Waals surface area contributed by atoms with Crippen molar-refractivity contribution in [2.75, 3.05) is 32.8 Å². The number of nitrogens with zero attached hydrogens (tertiary/aromatic N) is 3. The zero-order chi connectivity index (χ0) is 19.3. The number of hydrogen-bond donors (Lipinski definition) is 1. The number of morpholine rings is 1. The normalized spacial score (nSPS) is 19.3. The van der Waals surface area contributed by atoms with E-state index in [2.05, 4.69) is 10.4 Å². The number of thiophene rings is 1. The molecule has 1 N–H and O–H groups in total. The Kier molecular flexibility index (Phi) is 6.07. The second-order valence-corrected chi connectivity index (χ2v) is 8.45. The van der Waals surface area contributed by atoms with Crippen LogP contribution in [0.3, 0.4) is 0 Å². The summed E-state index contributed by atoms with van der Waals surface area (Å²) < 4.78 is 7.20. The highest BCUT2D eigenvalue weighted by molar-refractivity contribution is 7.14. The van der Waals surface area contributed by atoms with Gasteiger partial charge < -0.3 is 15.0 Å². The molecule has 7 nitrogen and oxygen atoms in total. The van der Waals surface area contributed by atoms with E-state index in [0.29, 0.717) is 32.8 Å². The van der Waals surface area contributed by atoms with E-state index in [0.717, 1.165) is 37.1 Å². The average molecular weight is 403 g/mol. The first-order valence-electron chi connectivity index (χ1n) is 9.94. The number of hydrogen-bond acceptors (Lipinski definition) is 5. The van der Waals surface area contributed by atoms with Crippen molar-refractivity contribution < 1.29 is 14.3 Å². The van der Waals surface area contributed by atoms with Gasteiger partial charge in [0.1, 0.15) is 0 Å². The third kappa shape index (κ3) is 4.44. The minimum Gasteiger partial charge on any atom is -0.378 e. The fraction of sp³-hybridized carbons (Fsp3) is 0.550.